The van der Waals surface area contributed by atoms with Gasteiger partial charge in [0.1, 0.15) is 12.4 Å². The molecule has 4 heteroatoms. The Morgan fingerprint density at radius 1 is 1.14 bits per heavy atom. The van der Waals surface area contributed by atoms with Crippen molar-refractivity contribution < 1.29 is 14.2 Å². The van der Waals surface area contributed by atoms with Crippen LogP contribution < -0.4 is 9.47 Å². The van der Waals surface area contributed by atoms with E-state index in [1.165, 1.54) is 16.7 Å². The minimum atomic E-state index is -0.119. The molecule has 0 N–H and O–H groups in total. The van der Waals surface area contributed by atoms with Gasteiger partial charge in [0.25, 0.3) is 0 Å². The molecule has 0 amide bonds. The monoisotopic (exact) mass is 387 g/mol. The molecule has 29 heavy (non-hydrogen) atoms. The summed E-state index contributed by atoms with van der Waals surface area (Å²) in [5, 5.41) is 0. The lowest BCUT2D eigenvalue weighted by Crippen LogP contribution is -2.58. The summed E-state index contributed by atoms with van der Waals surface area (Å²) in [5.41, 5.74) is 5.24. The van der Waals surface area contributed by atoms with Crippen molar-refractivity contribution in [1.29, 1.82) is 0 Å². The van der Waals surface area contributed by atoms with Gasteiger partial charge in [-0.2, -0.15) is 0 Å². The first-order valence-electron chi connectivity index (χ1n) is 10.4. The number of ether oxygens (including phenoxy) is 3. The second-order valence-corrected chi connectivity index (χ2v) is 8.52. The maximum Gasteiger partial charge on any atom is 0.169 e. The van der Waals surface area contributed by atoms with Crippen molar-refractivity contribution >= 4 is 0 Å². The molecule has 2 aliphatic carbocycles. The van der Waals surface area contributed by atoms with E-state index in [0.29, 0.717) is 12.6 Å². The first-order chi connectivity index (χ1) is 14.2. The number of benzene rings is 2. The maximum atomic E-state index is 6.66. The number of likely N-dealkylation sites (N-methyl/N-ethyl adjacent to an activating group) is 1. The number of nitrogens with zero attached hydrogens (tertiary/aromatic N) is 1. The van der Waals surface area contributed by atoms with Crippen molar-refractivity contribution in [3.05, 3.63) is 82.6 Å². The van der Waals surface area contributed by atoms with Crippen LogP contribution in [0.25, 0.3) is 0 Å². The van der Waals surface area contributed by atoms with Crippen LogP contribution in [0.1, 0.15) is 23.1 Å². The van der Waals surface area contributed by atoms with Crippen molar-refractivity contribution in [2.75, 3.05) is 20.7 Å². The topological polar surface area (TPSA) is 30.9 Å². The van der Waals surface area contributed by atoms with Gasteiger partial charge in [0.05, 0.1) is 12.5 Å². The molecule has 2 heterocycles. The second kappa shape index (κ2) is 6.14. The van der Waals surface area contributed by atoms with E-state index in [9.17, 15) is 0 Å². The molecule has 1 unspecified atom stereocenters. The summed E-state index contributed by atoms with van der Waals surface area (Å²) in [6, 6.07) is 15.1. The zero-order valence-corrected chi connectivity index (χ0v) is 16.9. The minimum absolute atomic E-state index is 0.0979. The first kappa shape index (κ1) is 17.2. The normalized spacial score (nSPS) is 28.8. The van der Waals surface area contributed by atoms with Crippen LogP contribution in [0, 0.1) is 0 Å². The number of hydrogen-bond donors (Lipinski definition) is 0. The van der Waals surface area contributed by atoms with Crippen molar-refractivity contribution in [2.45, 2.75) is 37.0 Å². The fraction of sp³-hybridized carbons (Fsp3) is 0.360. The Balaban J connectivity index is 1.47. The quantitative estimate of drug-likeness (QED) is 0.794. The Morgan fingerprint density at radius 2 is 2.00 bits per heavy atom. The number of likely N-dealkylation sites (tertiary alicyclic amines) is 1. The average molecular weight is 387 g/mol. The van der Waals surface area contributed by atoms with Gasteiger partial charge >= 0.3 is 0 Å². The standard InChI is InChI=1S/C25H25NO3/c1-26-13-12-25-18-9-11-21(27-2)24(25)29-23-20(28-15-16-6-4-3-5-7-16)10-8-17(22(23)25)14-19(18)26/h3-11,19,24H,12-15H2,1-2H3/t19-,24?,25+/m1/s1. The van der Waals surface area contributed by atoms with E-state index in [1.807, 2.05) is 18.2 Å². The van der Waals surface area contributed by atoms with Gasteiger partial charge in [-0.25, -0.2) is 0 Å². The summed E-state index contributed by atoms with van der Waals surface area (Å²) in [6.07, 6.45) is 6.36. The Hall–Kier alpha value is -2.72. The summed E-state index contributed by atoms with van der Waals surface area (Å²) < 4.78 is 18.7. The van der Waals surface area contributed by atoms with Gasteiger partial charge in [-0.1, -0.05) is 42.5 Å². The Labute approximate surface area is 171 Å². The van der Waals surface area contributed by atoms with E-state index in [0.717, 1.165) is 42.2 Å². The molecule has 0 radical (unpaired) electrons. The Kier molecular flexibility index (Phi) is 3.63. The van der Waals surface area contributed by atoms with Crippen molar-refractivity contribution in [3.63, 3.8) is 0 Å². The summed E-state index contributed by atoms with van der Waals surface area (Å²) in [4.78, 5) is 2.49. The van der Waals surface area contributed by atoms with Crippen molar-refractivity contribution in [2.24, 2.45) is 0 Å². The van der Waals surface area contributed by atoms with Gasteiger partial charge in [0.15, 0.2) is 17.6 Å². The third-order valence-electron chi connectivity index (χ3n) is 7.17. The van der Waals surface area contributed by atoms with Crippen molar-refractivity contribution in [1.82, 2.24) is 4.90 Å². The summed E-state index contributed by atoms with van der Waals surface area (Å²) in [5.74, 6) is 2.67. The molecular weight excluding hydrogens is 362 g/mol. The molecule has 2 bridgehead atoms. The highest BCUT2D eigenvalue weighted by Gasteiger charge is 2.62. The molecule has 3 atom stereocenters. The third-order valence-corrected chi connectivity index (χ3v) is 7.17. The molecule has 6 rings (SSSR count). The lowest BCUT2D eigenvalue weighted by molar-refractivity contribution is 0.0731. The average Bonchev–Trinajstić information content (AvgIpc) is 3.11. The Morgan fingerprint density at radius 3 is 2.83 bits per heavy atom. The van der Waals surface area contributed by atoms with Crippen LogP contribution in [0.2, 0.25) is 0 Å². The van der Waals surface area contributed by atoms with E-state index in [4.69, 9.17) is 14.2 Å². The van der Waals surface area contributed by atoms with Crippen LogP contribution in [0.5, 0.6) is 11.5 Å². The lowest BCUT2D eigenvalue weighted by Gasteiger charge is -2.52. The van der Waals surface area contributed by atoms with Gasteiger partial charge in [-0.3, -0.25) is 4.90 Å². The number of hydrogen-bond acceptors (Lipinski definition) is 4. The van der Waals surface area contributed by atoms with E-state index < -0.39 is 0 Å². The van der Waals surface area contributed by atoms with E-state index in [2.05, 4.69) is 48.4 Å². The predicted octanol–water partition coefficient (Wildman–Crippen LogP) is 3.99. The number of rotatable bonds is 4. The first-order valence-corrected chi connectivity index (χ1v) is 10.4. The second-order valence-electron chi connectivity index (χ2n) is 8.52. The predicted molar refractivity (Wildman–Crippen MR) is 111 cm³/mol. The summed E-state index contributed by atoms with van der Waals surface area (Å²) >= 11 is 0. The van der Waals surface area contributed by atoms with Crippen LogP contribution in [0.15, 0.2) is 65.9 Å². The molecule has 2 aliphatic heterocycles. The van der Waals surface area contributed by atoms with Crippen molar-refractivity contribution in [3.8, 4) is 11.5 Å². The van der Waals surface area contributed by atoms with Gasteiger partial charge < -0.3 is 14.2 Å². The van der Waals surface area contributed by atoms with E-state index in [1.54, 1.807) is 7.11 Å². The molecule has 0 saturated carbocycles. The Bertz CT molecular complexity index is 1040. The van der Waals surface area contributed by atoms with Gasteiger partial charge in [-0.15, -0.1) is 0 Å². The smallest absolute Gasteiger partial charge is 0.169 e. The maximum absolute atomic E-state index is 6.66. The SMILES string of the molecule is COC1=CC=C2[C@H]3Cc4ccc(OCc5ccccc5)c5c4[C@@]2(CCN3C)C1O5. The van der Waals surface area contributed by atoms with E-state index in [-0.39, 0.29) is 11.5 Å². The van der Waals surface area contributed by atoms with Gasteiger partial charge in [0, 0.05) is 11.6 Å². The molecule has 2 aromatic carbocycles. The van der Waals surface area contributed by atoms with Crippen LogP contribution in [0.4, 0.5) is 0 Å². The zero-order valence-electron chi connectivity index (χ0n) is 16.9. The highest BCUT2D eigenvalue weighted by atomic mass is 16.6. The molecule has 148 valence electrons. The number of piperidine rings is 1. The fourth-order valence-corrected chi connectivity index (χ4v) is 5.79. The van der Waals surface area contributed by atoms with Crippen LogP contribution >= 0.6 is 0 Å². The molecule has 0 aromatic heterocycles. The van der Waals surface area contributed by atoms with Crippen LogP contribution in [0.3, 0.4) is 0 Å². The highest BCUT2D eigenvalue weighted by molar-refractivity contribution is 5.67. The fourth-order valence-electron chi connectivity index (χ4n) is 5.79. The van der Waals surface area contributed by atoms with Gasteiger partial charge in [0.2, 0.25) is 0 Å². The molecular formula is C25H25NO3. The molecule has 4 nitrogen and oxygen atoms in total. The minimum Gasteiger partial charge on any atom is -0.497 e. The molecule has 1 fully saturated rings. The van der Waals surface area contributed by atoms with Crippen LogP contribution in [-0.2, 0) is 23.2 Å². The number of methoxy groups -OCH3 is 1. The lowest BCUT2D eigenvalue weighted by atomic mass is 9.57. The van der Waals surface area contributed by atoms with Gasteiger partial charge in [-0.05, 0) is 55.3 Å². The molecule has 1 saturated heterocycles. The largest absolute Gasteiger partial charge is 0.497 e. The molecule has 1 spiro atoms. The summed E-state index contributed by atoms with van der Waals surface area (Å²) in [6.45, 7) is 1.60. The third kappa shape index (κ3) is 2.24. The summed E-state index contributed by atoms with van der Waals surface area (Å²) in [7, 11) is 3.98. The van der Waals surface area contributed by atoms with Crippen LogP contribution in [-0.4, -0.2) is 37.7 Å². The highest BCUT2D eigenvalue weighted by Crippen LogP contribution is 2.62. The molecule has 4 aliphatic rings. The zero-order chi connectivity index (χ0) is 19.6. The molecule has 2 aromatic rings. The van der Waals surface area contributed by atoms with E-state index >= 15 is 0 Å². The number of allylic oxidation sites excluding steroid dienone is 2.